The highest BCUT2D eigenvalue weighted by Crippen LogP contribution is 2.27. The summed E-state index contributed by atoms with van der Waals surface area (Å²) in [5.74, 6) is -0.538. The van der Waals surface area contributed by atoms with E-state index in [0.717, 1.165) is 42.4 Å². The van der Waals surface area contributed by atoms with Crippen LogP contribution < -0.4 is 21.7 Å². The molecule has 3 aromatic carbocycles. The molecule has 7 heteroatoms. The summed E-state index contributed by atoms with van der Waals surface area (Å²) in [5, 5.41) is 8.93. The molecule has 0 aliphatic heterocycles. The molecule has 0 bridgehead atoms. The monoisotopic (exact) mass is 540 g/mol. The first-order chi connectivity index (χ1) is 19.5. The van der Waals surface area contributed by atoms with Gasteiger partial charge in [-0.05, 0) is 41.2 Å². The minimum Gasteiger partial charge on any atom is -0.350 e. The van der Waals surface area contributed by atoms with E-state index in [0.29, 0.717) is 37.4 Å². The van der Waals surface area contributed by atoms with Crippen LogP contribution in [0.15, 0.2) is 84.9 Å². The molecule has 1 aliphatic carbocycles. The summed E-state index contributed by atoms with van der Waals surface area (Å²) >= 11 is 0. The van der Waals surface area contributed by atoms with Gasteiger partial charge in [0.05, 0.1) is 0 Å². The third-order valence-electron chi connectivity index (χ3n) is 7.59. The molecule has 4 rings (SSSR count). The fourth-order valence-corrected chi connectivity index (χ4v) is 5.26. The van der Waals surface area contributed by atoms with Gasteiger partial charge in [0.15, 0.2) is 0 Å². The highest BCUT2D eigenvalue weighted by atomic mass is 16.2. The number of carbonyl (C=O) groups is 3. The molecule has 7 nitrogen and oxygen atoms in total. The summed E-state index contributed by atoms with van der Waals surface area (Å²) in [6.45, 7) is 0.793. The highest BCUT2D eigenvalue weighted by molar-refractivity contribution is 5.98. The summed E-state index contributed by atoms with van der Waals surface area (Å²) < 4.78 is 0. The summed E-state index contributed by atoms with van der Waals surface area (Å²) in [4.78, 5) is 40.2. The molecule has 40 heavy (non-hydrogen) atoms. The summed E-state index contributed by atoms with van der Waals surface area (Å²) in [6, 6.07) is 24.8. The Labute approximate surface area is 236 Å². The fourth-order valence-electron chi connectivity index (χ4n) is 5.26. The van der Waals surface area contributed by atoms with Gasteiger partial charge in [-0.2, -0.15) is 0 Å². The Morgan fingerprint density at radius 2 is 1.32 bits per heavy atom. The van der Waals surface area contributed by atoms with E-state index in [9.17, 15) is 14.4 Å². The van der Waals surface area contributed by atoms with Crippen molar-refractivity contribution in [1.82, 2.24) is 16.0 Å². The number of hydrogen-bond acceptors (Lipinski definition) is 4. The molecule has 0 heterocycles. The van der Waals surface area contributed by atoms with Crippen LogP contribution in [0.3, 0.4) is 0 Å². The van der Waals surface area contributed by atoms with E-state index >= 15 is 0 Å². The van der Waals surface area contributed by atoms with E-state index < -0.39 is 12.1 Å². The van der Waals surface area contributed by atoms with Crippen LogP contribution in [0.1, 0.15) is 65.6 Å². The third-order valence-corrected chi connectivity index (χ3v) is 7.59. The van der Waals surface area contributed by atoms with Crippen molar-refractivity contribution in [1.29, 1.82) is 0 Å². The number of benzene rings is 3. The minimum atomic E-state index is -0.791. The Balaban J connectivity index is 1.48. The van der Waals surface area contributed by atoms with Gasteiger partial charge in [-0.3, -0.25) is 14.4 Å². The number of nitrogens with two attached hydrogens (primary N) is 1. The SMILES string of the molecule is NCc1ccc(CNC(=O)[C@H](Cc2ccccc2)NC(=O)[C@@H](CC2CCCCC2)NC(=O)c2ccccc2)cc1. The van der Waals surface area contributed by atoms with E-state index in [-0.39, 0.29) is 17.7 Å². The lowest BCUT2D eigenvalue weighted by atomic mass is 9.84. The Hall–Kier alpha value is -3.97. The van der Waals surface area contributed by atoms with Gasteiger partial charge in [-0.1, -0.05) is 105 Å². The van der Waals surface area contributed by atoms with Crippen LogP contribution in [-0.2, 0) is 29.1 Å². The Morgan fingerprint density at radius 1 is 0.700 bits per heavy atom. The number of carbonyl (C=O) groups excluding carboxylic acids is 3. The highest BCUT2D eigenvalue weighted by Gasteiger charge is 2.30. The predicted octanol–water partition coefficient (Wildman–Crippen LogP) is 4.26. The van der Waals surface area contributed by atoms with Crippen LogP contribution in [0.25, 0.3) is 0 Å². The molecule has 0 unspecified atom stereocenters. The molecule has 1 saturated carbocycles. The van der Waals surface area contributed by atoms with Gasteiger partial charge in [0.1, 0.15) is 12.1 Å². The average Bonchev–Trinajstić information content (AvgIpc) is 3.00. The van der Waals surface area contributed by atoms with Crippen molar-refractivity contribution in [2.24, 2.45) is 11.7 Å². The molecule has 2 atom stereocenters. The van der Waals surface area contributed by atoms with Crippen LogP contribution in [0.2, 0.25) is 0 Å². The van der Waals surface area contributed by atoms with Crippen molar-refractivity contribution in [3.05, 3.63) is 107 Å². The molecular formula is C33H40N4O3. The minimum absolute atomic E-state index is 0.272. The molecular weight excluding hydrogens is 500 g/mol. The van der Waals surface area contributed by atoms with Crippen molar-refractivity contribution < 1.29 is 14.4 Å². The van der Waals surface area contributed by atoms with Crippen LogP contribution >= 0.6 is 0 Å². The Bertz CT molecular complexity index is 1230. The fraction of sp³-hybridized carbons (Fsp3) is 0.364. The maximum absolute atomic E-state index is 13.7. The lowest BCUT2D eigenvalue weighted by Gasteiger charge is -2.28. The third kappa shape index (κ3) is 8.78. The van der Waals surface area contributed by atoms with Gasteiger partial charge < -0.3 is 21.7 Å². The first-order valence-corrected chi connectivity index (χ1v) is 14.3. The van der Waals surface area contributed by atoms with Gasteiger partial charge in [-0.25, -0.2) is 0 Å². The average molecular weight is 541 g/mol. The Kier molecular flexibility index (Phi) is 10.9. The largest absolute Gasteiger partial charge is 0.350 e. The standard InChI is InChI=1S/C33H40N4O3/c34-22-26-16-18-27(19-17-26)23-35-32(39)29(20-24-10-4-1-5-11-24)37-33(40)30(21-25-12-6-2-7-13-25)36-31(38)28-14-8-3-9-15-28/h1,3-5,8-11,14-19,25,29-30H,2,6-7,12-13,20-23,34H2,(H,35,39)(H,36,38)(H,37,40)/t29-,30+/m0/s1. The quantitative estimate of drug-likeness (QED) is 0.275. The van der Waals surface area contributed by atoms with Crippen molar-refractivity contribution >= 4 is 17.7 Å². The van der Waals surface area contributed by atoms with Gasteiger partial charge in [0.2, 0.25) is 11.8 Å². The van der Waals surface area contributed by atoms with E-state index in [1.807, 2.05) is 60.7 Å². The number of hydrogen-bond donors (Lipinski definition) is 4. The smallest absolute Gasteiger partial charge is 0.251 e. The van der Waals surface area contributed by atoms with Gasteiger partial charge in [0.25, 0.3) is 5.91 Å². The molecule has 3 aromatic rings. The van der Waals surface area contributed by atoms with Crippen LogP contribution in [0.5, 0.6) is 0 Å². The van der Waals surface area contributed by atoms with Crippen molar-refractivity contribution in [3.63, 3.8) is 0 Å². The summed E-state index contributed by atoms with van der Waals surface area (Å²) in [6.07, 6.45) is 6.46. The zero-order valence-electron chi connectivity index (χ0n) is 23.0. The number of rotatable bonds is 12. The first-order valence-electron chi connectivity index (χ1n) is 14.3. The normalized spacial score (nSPS) is 15.0. The molecule has 0 radical (unpaired) electrons. The number of amides is 3. The van der Waals surface area contributed by atoms with Crippen LogP contribution in [0.4, 0.5) is 0 Å². The molecule has 5 N–H and O–H groups in total. The van der Waals surface area contributed by atoms with E-state index in [1.54, 1.807) is 24.3 Å². The van der Waals surface area contributed by atoms with Crippen molar-refractivity contribution in [3.8, 4) is 0 Å². The van der Waals surface area contributed by atoms with Gasteiger partial charge in [0, 0.05) is 25.1 Å². The molecule has 1 fully saturated rings. The molecule has 0 spiro atoms. The lowest BCUT2D eigenvalue weighted by molar-refractivity contribution is -0.130. The second-order valence-corrected chi connectivity index (χ2v) is 10.6. The maximum atomic E-state index is 13.7. The first kappa shape index (κ1) is 29.0. The number of nitrogens with one attached hydrogen (secondary N) is 3. The van der Waals surface area contributed by atoms with Crippen LogP contribution in [0, 0.1) is 5.92 Å². The van der Waals surface area contributed by atoms with Crippen molar-refractivity contribution in [2.45, 2.75) is 70.1 Å². The Morgan fingerprint density at radius 3 is 1.98 bits per heavy atom. The van der Waals surface area contributed by atoms with E-state index in [4.69, 9.17) is 5.73 Å². The zero-order valence-corrected chi connectivity index (χ0v) is 23.0. The molecule has 0 aromatic heterocycles. The zero-order chi connectivity index (χ0) is 28.2. The summed E-state index contributed by atoms with van der Waals surface area (Å²) in [5.41, 5.74) is 9.10. The second-order valence-electron chi connectivity index (χ2n) is 10.6. The molecule has 210 valence electrons. The molecule has 3 amide bonds. The van der Waals surface area contributed by atoms with Crippen molar-refractivity contribution in [2.75, 3.05) is 0 Å². The van der Waals surface area contributed by atoms with Gasteiger partial charge in [-0.15, -0.1) is 0 Å². The maximum Gasteiger partial charge on any atom is 0.251 e. The topological polar surface area (TPSA) is 113 Å². The van der Waals surface area contributed by atoms with Crippen LogP contribution in [-0.4, -0.2) is 29.8 Å². The van der Waals surface area contributed by atoms with Gasteiger partial charge >= 0.3 is 0 Å². The summed E-state index contributed by atoms with van der Waals surface area (Å²) in [7, 11) is 0. The second kappa shape index (κ2) is 15.0. The van der Waals surface area contributed by atoms with E-state index in [2.05, 4.69) is 16.0 Å². The molecule has 0 saturated heterocycles. The predicted molar refractivity (Wildman–Crippen MR) is 157 cm³/mol. The lowest BCUT2D eigenvalue weighted by Crippen LogP contribution is -2.54. The van der Waals surface area contributed by atoms with E-state index in [1.165, 1.54) is 6.42 Å². The molecule has 1 aliphatic rings.